The number of hydrogen-bond donors (Lipinski definition) is 0. The van der Waals surface area contributed by atoms with Crippen LogP contribution in [0.2, 0.25) is 5.02 Å². The number of benzene rings is 2. The molecule has 0 aliphatic carbocycles. The molecule has 176 valence electrons. The average Bonchev–Trinajstić information content (AvgIpc) is 2.84. The number of hydrogen-bond acceptors (Lipinski definition) is 5. The highest BCUT2D eigenvalue weighted by Gasteiger charge is 2.36. The largest absolute Gasteiger partial charge is 0.495 e. The molecule has 2 heterocycles. The van der Waals surface area contributed by atoms with Gasteiger partial charge in [0, 0.05) is 49.9 Å². The molecule has 2 aliphatic rings. The lowest BCUT2D eigenvalue weighted by Gasteiger charge is -2.49. The Bertz CT molecular complexity index is 1020. The molecule has 0 bridgehead atoms. The summed E-state index contributed by atoms with van der Waals surface area (Å²) >= 11 is 6.24. The van der Waals surface area contributed by atoms with Gasteiger partial charge in [-0.3, -0.25) is 4.90 Å². The quantitative estimate of drug-likeness (QED) is 0.463. The highest BCUT2D eigenvalue weighted by molar-refractivity contribution is 6.32. The first kappa shape index (κ1) is 23.7. The van der Waals surface area contributed by atoms with Crippen LogP contribution >= 0.6 is 11.6 Å². The Morgan fingerprint density at radius 2 is 1.94 bits per heavy atom. The number of piperazine rings is 1. The lowest BCUT2D eigenvalue weighted by molar-refractivity contribution is 0.0712. The molecule has 2 saturated heterocycles. The molecule has 0 aromatic heterocycles. The molecule has 4 rings (SSSR count). The maximum atomic E-state index is 8.73. The molecule has 0 N–H and O–H groups in total. The maximum absolute atomic E-state index is 8.73. The number of nitriles is 1. The molecular formula is C27H34ClN3O2. The first-order valence-corrected chi connectivity index (χ1v) is 12.4. The van der Waals surface area contributed by atoms with Crippen molar-refractivity contribution < 1.29 is 9.47 Å². The Morgan fingerprint density at radius 3 is 2.73 bits per heavy atom. The van der Waals surface area contributed by atoms with Crippen LogP contribution in [-0.2, 0) is 0 Å². The lowest BCUT2D eigenvalue weighted by atomic mass is 9.86. The summed E-state index contributed by atoms with van der Waals surface area (Å²) in [4.78, 5) is 5.20. The van der Waals surface area contributed by atoms with Crippen molar-refractivity contribution in [3.05, 3.63) is 52.0 Å². The molecule has 2 atom stereocenters. The second-order valence-corrected chi connectivity index (χ2v) is 9.52. The molecule has 0 saturated carbocycles. The van der Waals surface area contributed by atoms with E-state index >= 15 is 0 Å². The molecule has 0 amide bonds. The van der Waals surface area contributed by atoms with E-state index in [0.717, 1.165) is 37.6 Å². The number of fused-ring (bicyclic) bond motifs is 1. The minimum atomic E-state index is 0.456. The van der Waals surface area contributed by atoms with Crippen LogP contribution in [0.5, 0.6) is 11.5 Å². The molecule has 2 aliphatic heterocycles. The van der Waals surface area contributed by atoms with E-state index in [9.17, 15) is 0 Å². The molecule has 6 heteroatoms. The number of ether oxygens (including phenoxy) is 2. The zero-order valence-corrected chi connectivity index (χ0v) is 20.7. The first-order chi connectivity index (χ1) is 16.0. The Balaban J connectivity index is 1.48. The SMILES string of the molecule is COc1cc(N2CCN3C(CCC[C@@H]3c3ccc(OCCCC#N)c(C)c3C)C2)ccc1Cl. The highest BCUT2D eigenvalue weighted by Crippen LogP contribution is 2.40. The summed E-state index contributed by atoms with van der Waals surface area (Å²) < 4.78 is 11.4. The monoisotopic (exact) mass is 467 g/mol. The van der Waals surface area contributed by atoms with E-state index in [1.165, 1.54) is 41.6 Å². The number of anilines is 1. The molecule has 1 unspecified atom stereocenters. The molecule has 2 aromatic carbocycles. The minimum absolute atomic E-state index is 0.456. The van der Waals surface area contributed by atoms with E-state index in [1.54, 1.807) is 7.11 Å². The average molecular weight is 468 g/mol. The van der Waals surface area contributed by atoms with Gasteiger partial charge >= 0.3 is 0 Å². The zero-order valence-electron chi connectivity index (χ0n) is 19.9. The molecule has 5 nitrogen and oxygen atoms in total. The molecule has 0 spiro atoms. The number of unbranched alkanes of at least 4 members (excludes halogenated alkanes) is 1. The predicted octanol–water partition coefficient (Wildman–Crippen LogP) is 6.06. The van der Waals surface area contributed by atoms with E-state index in [2.05, 4.69) is 54.0 Å². The number of rotatable bonds is 7. The second-order valence-electron chi connectivity index (χ2n) is 9.12. The van der Waals surface area contributed by atoms with Crippen molar-refractivity contribution in [2.45, 2.75) is 58.0 Å². The topological polar surface area (TPSA) is 48.7 Å². The maximum Gasteiger partial charge on any atom is 0.139 e. The van der Waals surface area contributed by atoms with Gasteiger partial charge < -0.3 is 14.4 Å². The van der Waals surface area contributed by atoms with Crippen molar-refractivity contribution >= 4 is 17.3 Å². The van der Waals surface area contributed by atoms with Gasteiger partial charge in [0.2, 0.25) is 0 Å². The van der Waals surface area contributed by atoms with Crippen LogP contribution in [0.15, 0.2) is 30.3 Å². The number of methoxy groups -OCH3 is 1. The fraction of sp³-hybridized carbons (Fsp3) is 0.519. The van der Waals surface area contributed by atoms with Crippen molar-refractivity contribution in [1.82, 2.24) is 4.90 Å². The molecule has 33 heavy (non-hydrogen) atoms. The van der Waals surface area contributed by atoms with Gasteiger partial charge in [-0.25, -0.2) is 0 Å². The molecular weight excluding hydrogens is 434 g/mol. The Labute approximate surface area is 202 Å². The Morgan fingerprint density at radius 1 is 1.09 bits per heavy atom. The van der Waals surface area contributed by atoms with Crippen LogP contribution in [-0.4, -0.2) is 44.3 Å². The van der Waals surface area contributed by atoms with E-state index in [1.807, 2.05) is 6.07 Å². The van der Waals surface area contributed by atoms with Crippen molar-refractivity contribution in [3.8, 4) is 17.6 Å². The zero-order chi connectivity index (χ0) is 23.4. The van der Waals surface area contributed by atoms with Crippen molar-refractivity contribution in [2.24, 2.45) is 0 Å². The lowest BCUT2D eigenvalue weighted by Crippen LogP contribution is -2.56. The van der Waals surface area contributed by atoms with E-state index < -0.39 is 0 Å². The van der Waals surface area contributed by atoms with Gasteiger partial charge in [0.05, 0.1) is 24.8 Å². The minimum Gasteiger partial charge on any atom is -0.495 e. The second kappa shape index (κ2) is 10.7. The molecule has 2 fully saturated rings. The van der Waals surface area contributed by atoms with Crippen molar-refractivity contribution in [1.29, 1.82) is 5.26 Å². The smallest absolute Gasteiger partial charge is 0.139 e. The third kappa shape index (κ3) is 5.08. The third-order valence-corrected chi connectivity index (χ3v) is 7.58. The van der Waals surface area contributed by atoms with Gasteiger partial charge in [-0.15, -0.1) is 0 Å². The Kier molecular flexibility index (Phi) is 7.67. The normalized spacial score (nSPS) is 20.8. The fourth-order valence-corrected chi connectivity index (χ4v) is 5.53. The summed E-state index contributed by atoms with van der Waals surface area (Å²) in [6.07, 6.45) is 4.98. The summed E-state index contributed by atoms with van der Waals surface area (Å²) in [5, 5.41) is 9.38. The van der Waals surface area contributed by atoms with Gasteiger partial charge in [0.1, 0.15) is 11.5 Å². The third-order valence-electron chi connectivity index (χ3n) is 7.27. The summed E-state index contributed by atoms with van der Waals surface area (Å²) in [7, 11) is 1.67. The van der Waals surface area contributed by atoms with Gasteiger partial charge in [0.25, 0.3) is 0 Å². The van der Waals surface area contributed by atoms with E-state index in [4.69, 9.17) is 26.3 Å². The van der Waals surface area contributed by atoms with Crippen LogP contribution in [0.25, 0.3) is 0 Å². The van der Waals surface area contributed by atoms with Crippen LogP contribution < -0.4 is 14.4 Å². The number of piperidine rings is 1. The van der Waals surface area contributed by atoms with Crippen LogP contribution in [0.4, 0.5) is 5.69 Å². The van der Waals surface area contributed by atoms with Gasteiger partial charge in [0.15, 0.2) is 0 Å². The summed E-state index contributed by atoms with van der Waals surface area (Å²) in [6.45, 7) is 8.05. The van der Waals surface area contributed by atoms with Crippen LogP contribution in [0.3, 0.4) is 0 Å². The van der Waals surface area contributed by atoms with Crippen LogP contribution in [0.1, 0.15) is 54.8 Å². The van der Waals surface area contributed by atoms with Gasteiger partial charge in [-0.1, -0.05) is 17.7 Å². The number of nitrogens with zero attached hydrogens (tertiary/aromatic N) is 3. The van der Waals surface area contributed by atoms with E-state index in [-0.39, 0.29) is 0 Å². The summed E-state index contributed by atoms with van der Waals surface area (Å²) in [6, 6.07) is 13.7. The number of halogens is 1. The fourth-order valence-electron chi connectivity index (χ4n) is 5.33. The van der Waals surface area contributed by atoms with E-state index in [0.29, 0.717) is 30.1 Å². The Hall–Kier alpha value is -2.42. The summed E-state index contributed by atoms with van der Waals surface area (Å²) in [5.41, 5.74) is 5.17. The van der Waals surface area contributed by atoms with Crippen molar-refractivity contribution in [3.63, 3.8) is 0 Å². The van der Waals surface area contributed by atoms with Crippen LogP contribution in [0, 0.1) is 25.2 Å². The first-order valence-electron chi connectivity index (χ1n) is 12.0. The predicted molar refractivity (Wildman–Crippen MR) is 134 cm³/mol. The van der Waals surface area contributed by atoms with Gasteiger partial charge in [-0.05, 0) is 74.4 Å². The molecule has 0 radical (unpaired) electrons. The highest BCUT2D eigenvalue weighted by atomic mass is 35.5. The molecule has 2 aromatic rings. The van der Waals surface area contributed by atoms with Crippen molar-refractivity contribution in [2.75, 3.05) is 38.3 Å². The van der Waals surface area contributed by atoms with Gasteiger partial charge in [-0.2, -0.15) is 5.26 Å². The standard InChI is InChI=1S/C27H34ClN3O2/c1-19-20(2)26(33-16-5-4-13-29)12-10-23(19)25-8-6-7-22-18-30(14-15-31(22)25)21-9-11-24(28)27(17-21)32-3/h9-12,17,22,25H,4-8,14-16,18H2,1-3H3/t22?,25-/m1/s1. The summed E-state index contributed by atoms with van der Waals surface area (Å²) in [5.74, 6) is 1.68.